The van der Waals surface area contributed by atoms with Crippen molar-refractivity contribution in [3.8, 4) is 0 Å². The molecule has 4 rings (SSSR count). The fraction of sp³-hybridized carbons (Fsp3) is 0.867. The van der Waals surface area contributed by atoms with Crippen LogP contribution in [0.25, 0.3) is 0 Å². The van der Waals surface area contributed by atoms with E-state index in [9.17, 15) is 0 Å². The second-order valence-corrected chi connectivity index (χ2v) is 6.49. The standard InChI is InChI=1S/C15H24N2/c1-2-7-17-10-13-9-12(14(17)5-1)8-11-4-3-6-16-15(11)13/h8,12-16H,1-7,9-10H2/t12-,13+,14?,15+/m1/s1. The van der Waals surface area contributed by atoms with Crippen LogP contribution in [0.4, 0.5) is 0 Å². The van der Waals surface area contributed by atoms with Crippen LogP contribution in [-0.2, 0) is 0 Å². The highest BCUT2D eigenvalue weighted by atomic mass is 15.2. The minimum Gasteiger partial charge on any atom is -0.310 e. The molecule has 4 atom stereocenters. The smallest absolute Gasteiger partial charge is 0.0320 e. The topological polar surface area (TPSA) is 15.3 Å². The zero-order valence-electron chi connectivity index (χ0n) is 10.7. The summed E-state index contributed by atoms with van der Waals surface area (Å²) in [4.78, 5) is 2.81. The molecule has 3 saturated heterocycles. The van der Waals surface area contributed by atoms with Crippen LogP contribution in [0, 0.1) is 11.8 Å². The van der Waals surface area contributed by atoms with Crippen molar-refractivity contribution >= 4 is 0 Å². The molecule has 4 aliphatic rings. The van der Waals surface area contributed by atoms with Crippen LogP contribution in [-0.4, -0.2) is 36.6 Å². The van der Waals surface area contributed by atoms with Gasteiger partial charge in [0.1, 0.15) is 0 Å². The van der Waals surface area contributed by atoms with Crippen LogP contribution in [0.3, 0.4) is 0 Å². The lowest BCUT2D eigenvalue weighted by Crippen LogP contribution is -2.58. The summed E-state index contributed by atoms with van der Waals surface area (Å²) in [6.45, 7) is 3.98. The van der Waals surface area contributed by atoms with Gasteiger partial charge in [-0.25, -0.2) is 0 Å². The van der Waals surface area contributed by atoms with E-state index in [0.717, 1.165) is 23.9 Å². The van der Waals surface area contributed by atoms with E-state index in [0.29, 0.717) is 0 Å². The maximum Gasteiger partial charge on any atom is 0.0320 e. The molecule has 0 amide bonds. The minimum absolute atomic E-state index is 0.739. The summed E-state index contributed by atoms with van der Waals surface area (Å²) in [5, 5.41) is 3.78. The van der Waals surface area contributed by atoms with Gasteiger partial charge in [-0.15, -0.1) is 0 Å². The molecule has 3 aliphatic heterocycles. The summed E-state index contributed by atoms with van der Waals surface area (Å²) in [6, 6.07) is 1.64. The lowest BCUT2D eigenvalue weighted by Gasteiger charge is -2.52. The molecule has 0 radical (unpaired) electrons. The van der Waals surface area contributed by atoms with Crippen molar-refractivity contribution in [3.63, 3.8) is 0 Å². The zero-order chi connectivity index (χ0) is 11.2. The number of rotatable bonds is 0. The van der Waals surface area contributed by atoms with Gasteiger partial charge in [-0.3, -0.25) is 4.90 Å². The first kappa shape index (κ1) is 10.6. The van der Waals surface area contributed by atoms with Crippen LogP contribution in [0.2, 0.25) is 0 Å². The normalized spacial score (nSPS) is 45.8. The number of fused-ring (bicyclic) bond motifs is 6. The van der Waals surface area contributed by atoms with Crippen molar-refractivity contribution < 1.29 is 0 Å². The molecule has 2 heteroatoms. The Hall–Kier alpha value is -0.340. The molecule has 0 spiro atoms. The summed E-state index contributed by atoms with van der Waals surface area (Å²) < 4.78 is 0. The van der Waals surface area contributed by atoms with Crippen molar-refractivity contribution in [1.29, 1.82) is 0 Å². The minimum atomic E-state index is 0.739. The lowest BCUT2D eigenvalue weighted by molar-refractivity contribution is 0.0271. The van der Waals surface area contributed by atoms with Gasteiger partial charge in [0.15, 0.2) is 0 Å². The summed E-state index contributed by atoms with van der Waals surface area (Å²) in [5.74, 6) is 1.80. The highest BCUT2D eigenvalue weighted by Gasteiger charge is 2.43. The fourth-order valence-corrected chi connectivity index (χ4v) is 4.80. The van der Waals surface area contributed by atoms with E-state index in [1.807, 2.05) is 0 Å². The molecule has 1 unspecified atom stereocenters. The molecule has 2 bridgehead atoms. The Bertz CT molecular complexity index is 336. The Balaban J connectivity index is 1.64. The summed E-state index contributed by atoms with van der Waals surface area (Å²) >= 11 is 0. The SMILES string of the molecule is C1=C2CCCN[C@@H]2[C@H]2C[C@@H]1C1CCCCN1C2. The highest BCUT2D eigenvalue weighted by molar-refractivity contribution is 5.23. The summed E-state index contributed by atoms with van der Waals surface area (Å²) in [5.41, 5.74) is 1.77. The number of piperidine rings is 3. The molecule has 0 aromatic carbocycles. The molecule has 1 N–H and O–H groups in total. The average molecular weight is 232 g/mol. The molecular formula is C15H24N2. The van der Waals surface area contributed by atoms with E-state index in [1.54, 1.807) is 5.57 Å². The number of hydrogen-bond donors (Lipinski definition) is 1. The second kappa shape index (κ2) is 4.10. The number of nitrogens with one attached hydrogen (secondary N) is 1. The summed E-state index contributed by atoms with van der Waals surface area (Å²) in [7, 11) is 0. The van der Waals surface area contributed by atoms with Crippen LogP contribution in [0.5, 0.6) is 0 Å². The van der Waals surface area contributed by atoms with Crippen LogP contribution in [0.15, 0.2) is 11.6 Å². The molecular weight excluding hydrogens is 208 g/mol. The van der Waals surface area contributed by atoms with E-state index >= 15 is 0 Å². The lowest BCUT2D eigenvalue weighted by atomic mass is 9.68. The van der Waals surface area contributed by atoms with Crippen molar-refractivity contribution in [2.45, 2.75) is 50.6 Å². The van der Waals surface area contributed by atoms with Gasteiger partial charge in [0.05, 0.1) is 0 Å². The van der Waals surface area contributed by atoms with Gasteiger partial charge in [-0.05, 0) is 57.0 Å². The molecule has 0 aromatic rings. The first-order chi connectivity index (χ1) is 8.42. The van der Waals surface area contributed by atoms with Crippen LogP contribution >= 0.6 is 0 Å². The van der Waals surface area contributed by atoms with E-state index in [4.69, 9.17) is 0 Å². The molecule has 2 nitrogen and oxygen atoms in total. The van der Waals surface area contributed by atoms with E-state index in [1.165, 1.54) is 58.2 Å². The van der Waals surface area contributed by atoms with Crippen LogP contribution in [0.1, 0.15) is 38.5 Å². The van der Waals surface area contributed by atoms with Crippen molar-refractivity contribution in [2.24, 2.45) is 11.8 Å². The third kappa shape index (κ3) is 1.68. The predicted octanol–water partition coefficient (Wildman–Crippen LogP) is 2.17. The maximum absolute atomic E-state index is 3.78. The highest BCUT2D eigenvalue weighted by Crippen LogP contribution is 2.42. The Kier molecular flexibility index (Phi) is 2.55. The van der Waals surface area contributed by atoms with Crippen molar-refractivity contribution in [1.82, 2.24) is 10.2 Å². The van der Waals surface area contributed by atoms with Gasteiger partial charge in [-0.1, -0.05) is 18.1 Å². The average Bonchev–Trinajstić information content (AvgIpc) is 2.39. The van der Waals surface area contributed by atoms with Gasteiger partial charge in [0.2, 0.25) is 0 Å². The van der Waals surface area contributed by atoms with E-state index in [-0.39, 0.29) is 0 Å². The van der Waals surface area contributed by atoms with Gasteiger partial charge in [0, 0.05) is 18.6 Å². The monoisotopic (exact) mass is 232 g/mol. The Morgan fingerprint density at radius 1 is 1.24 bits per heavy atom. The number of hydrogen-bond acceptors (Lipinski definition) is 2. The van der Waals surface area contributed by atoms with E-state index < -0.39 is 0 Å². The Labute approximate surface area is 104 Å². The molecule has 0 aromatic heterocycles. The van der Waals surface area contributed by atoms with Crippen LogP contribution < -0.4 is 5.32 Å². The van der Waals surface area contributed by atoms with Gasteiger partial charge in [0.25, 0.3) is 0 Å². The Morgan fingerprint density at radius 3 is 3.24 bits per heavy atom. The third-order valence-electron chi connectivity index (χ3n) is 5.51. The maximum atomic E-state index is 3.78. The first-order valence-electron chi connectivity index (χ1n) is 7.60. The second-order valence-electron chi connectivity index (χ2n) is 6.49. The molecule has 94 valence electrons. The molecule has 3 heterocycles. The van der Waals surface area contributed by atoms with Gasteiger partial charge < -0.3 is 5.32 Å². The van der Waals surface area contributed by atoms with Gasteiger partial charge >= 0.3 is 0 Å². The van der Waals surface area contributed by atoms with E-state index in [2.05, 4.69) is 16.3 Å². The molecule has 0 saturated carbocycles. The van der Waals surface area contributed by atoms with Crippen molar-refractivity contribution in [2.75, 3.05) is 19.6 Å². The van der Waals surface area contributed by atoms with Crippen molar-refractivity contribution in [3.05, 3.63) is 11.6 Å². The molecule has 1 aliphatic carbocycles. The quantitative estimate of drug-likeness (QED) is 0.644. The Morgan fingerprint density at radius 2 is 2.24 bits per heavy atom. The fourth-order valence-electron chi connectivity index (χ4n) is 4.80. The first-order valence-corrected chi connectivity index (χ1v) is 7.60. The number of nitrogens with zero attached hydrogens (tertiary/aromatic N) is 1. The largest absolute Gasteiger partial charge is 0.310 e. The zero-order valence-corrected chi connectivity index (χ0v) is 10.7. The molecule has 17 heavy (non-hydrogen) atoms. The summed E-state index contributed by atoms with van der Waals surface area (Å²) in [6.07, 6.45) is 11.2. The third-order valence-corrected chi connectivity index (χ3v) is 5.51. The predicted molar refractivity (Wildman–Crippen MR) is 69.9 cm³/mol. The van der Waals surface area contributed by atoms with Gasteiger partial charge in [-0.2, -0.15) is 0 Å². The molecule has 3 fully saturated rings.